The maximum atomic E-state index is 3.85. The first-order valence-electron chi connectivity index (χ1n) is 6.97. The predicted octanol–water partition coefficient (Wildman–Crippen LogP) is 3.86. The van der Waals surface area contributed by atoms with Gasteiger partial charge in [0.1, 0.15) is 0 Å². The molecule has 1 unspecified atom stereocenters. The molecule has 2 nitrogen and oxygen atoms in total. The highest BCUT2D eigenvalue weighted by atomic mass is 32.2. The van der Waals surface area contributed by atoms with Crippen LogP contribution in [0, 0.1) is 13.8 Å². The van der Waals surface area contributed by atoms with Gasteiger partial charge in [-0.1, -0.05) is 13.0 Å². The van der Waals surface area contributed by atoms with E-state index in [1.807, 2.05) is 24.9 Å². The molecule has 1 aromatic rings. The van der Waals surface area contributed by atoms with Crippen molar-refractivity contribution in [1.82, 2.24) is 5.43 Å². The Kier molecular flexibility index (Phi) is 4.58. The van der Waals surface area contributed by atoms with Crippen LogP contribution in [0.4, 0.5) is 5.69 Å². The van der Waals surface area contributed by atoms with Crippen LogP contribution >= 0.6 is 11.8 Å². The van der Waals surface area contributed by atoms with Crippen molar-refractivity contribution in [3.63, 3.8) is 0 Å². The summed E-state index contributed by atoms with van der Waals surface area (Å²) in [6.45, 7) is 11.4. The smallest absolute Gasteiger partial charge is 0.0585 e. The minimum atomic E-state index is 0.755. The first-order chi connectivity index (χ1) is 9.12. The Balaban J connectivity index is 2.44. The van der Waals surface area contributed by atoms with Crippen molar-refractivity contribution in [3.05, 3.63) is 35.4 Å². The van der Waals surface area contributed by atoms with Crippen LogP contribution in [0.25, 0.3) is 0 Å². The van der Waals surface area contributed by atoms with Gasteiger partial charge in [0, 0.05) is 17.2 Å². The van der Waals surface area contributed by atoms with Gasteiger partial charge in [-0.15, -0.1) is 18.3 Å². The predicted molar refractivity (Wildman–Crippen MR) is 86.2 cm³/mol. The largest absolute Gasteiger partial charge is 0.304 e. The molecule has 2 rings (SSSR count). The summed E-state index contributed by atoms with van der Waals surface area (Å²) in [7, 11) is 1.97. The molecule has 0 saturated heterocycles. The van der Waals surface area contributed by atoms with Gasteiger partial charge in [0.25, 0.3) is 0 Å². The van der Waals surface area contributed by atoms with Crippen molar-refractivity contribution in [2.45, 2.75) is 43.8 Å². The van der Waals surface area contributed by atoms with Crippen molar-refractivity contribution < 1.29 is 0 Å². The number of nitrogens with zero attached hydrogens (tertiary/aromatic N) is 1. The number of thioether (sulfide) groups is 1. The second-order valence-electron chi connectivity index (χ2n) is 5.12. The average Bonchev–Trinajstić information content (AvgIpc) is 2.80. The molecule has 0 aromatic heterocycles. The lowest BCUT2D eigenvalue weighted by molar-refractivity contribution is 0.741. The van der Waals surface area contributed by atoms with Crippen LogP contribution in [0.15, 0.2) is 23.6 Å². The van der Waals surface area contributed by atoms with Crippen molar-refractivity contribution in [3.8, 4) is 0 Å². The Morgan fingerprint density at radius 1 is 1.53 bits per heavy atom. The summed E-state index contributed by atoms with van der Waals surface area (Å²) < 4.78 is 0. The van der Waals surface area contributed by atoms with Gasteiger partial charge >= 0.3 is 0 Å². The fourth-order valence-corrected chi connectivity index (χ4v) is 4.25. The molecule has 0 bridgehead atoms. The van der Waals surface area contributed by atoms with Gasteiger partial charge in [0.05, 0.1) is 12.2 Å². The van der Waals surface area contributed by atoms with Crippen molar-refractivity contribution in [2.24, 2.45) is 0 Å². The first kappa shape index (κ1) is 14.5. The number of hydrogen-bond donors (Lipinski definition) is 1. The standard InChI is InChI=1S/C16H24N2S/c1-6-8-18(17-5)16-11(3)9-15-14(12(16)4)10-13(7-2)19-15/h6,9,13,17H,1,7-8,10H2,2-5H3. The topological polar surface area (TPSA) is 15.3 Å². The molecular weight excluding hydrogens is 252 g/mol. The van der Waals surface area contributed by atoms with E-state index in [0.717, 1.165) is 11.8 Å². The molecule has 0 saturated carbocycles. The Labute approximate surface area is 121 Å². The van der Waals surface area contributed by atoms with Gasteiger partial charge < -0.3 is 5.01 Å². The molecule has 0 spiro atoms. The van der Waals surface area contributed by atoms with Crippen molar-refractivity contribution in [2.75, 3.05) is 18.6 Å². The summed E-state index contributed by atoms with van der Waals surface area (Å²) in [5.74, 6) is 0. The molecule has 1 aliphatic heterocycles. The van der Waals surface area contributed by atoms with Crippen LogP contribution in [0.1, 0.15) is 30.0 Å². The molecular formula is C16H24N2S. The van der Waals surface area contributed by atoms with E-state index in [1.54, 1.807) is 5.56 Å². The number of nitrogens with one attached hydrogen (secondary N) is 1. The zero-order chi connectivity index (χ0) is 14.0. The summed E-state index contributed by atoms with van der Waals surface area (Å²) in [6.07, 6.45) is 4.39. The molecule has 0 fully saturated rings. The third kappa shape index (κ3) is 2.67. The second kappa shape index (κ2) is 6.02. The van der Waals surface area contributed by atoms with E-state index in [0.29, 0.717) is 0 Å². The Bertz CT molecular complexity index is 482. The van der Waals surface area contributed by atoms with Gasteiger partial charge in [-0.05, 0) is 49.4 Å². The minimum Gasteiger partial charge on any atom is -0.304 e. The van der Waals surface area contributed by atoms with Gasteiger partial charge in [-0.3, -0.25) is 0 Å². The van der Waals surface area contributed by atoms with Gasteiger partial charge in [-0.25, -0.2) is 5.43 Å². The normalized spacial score (nSPS) is 17.4. The summed E-state index contributed by atoms with van der Waals surface area (Å²) in [4.78, 5) is 1.49. The van der Waals surface area contributed by atoms with Crippen LogP contribution < -0.4 is 10.4 Å². The fraction of sp³-hybridized carbons (Fsp3) is 0.500. The lowest BCUT2D eigenvalue weighted by Gasteiger charge is -2.27. The minimum absolute atomic E-state index is 0.755. The van der Waals surface area contributed by atoms with E-state index in [-0.39, 0.29) is 0 Å². The third-order valence-electron chi connectivity index (χ3n) is 3.86. The quantitative estimate of drug-likeness (QED) is 0.649. The molecule has 1 N–H and O–H groups in total. The van der Waals surface area contributed by atoms with Crippen molar-refractivity contribution in [1.29, 1.82) is 0 Å². The number of hydrogen-bond acceptors (Lipinski definition) is 3. The monoisotopic (exact) mass is 276 g/mol. The SMILES string of the molecule is C=CCN(NC)c1c(C)cc2c(c1C)CC(CC)S2. The molecule has 3 heteroatoms. The highest BCUT2D eigenvalue weighted by Crippen LogP contribution is 2.43. The van der Waals surface area contributed by atoms with E-state index in [9.17, 15) is 0 Å². The zero-order valence-electron chi connectivity index (χ0n) is 12.4. The number of benzene rings is 1. The van der Waals surface area contributed by atoms with Crippen LogP contribution in [-0.4, -0.2) is 18.8 Å². The average molecular weight is 276 g/mol. The third-order valence-corrected chi connectivity index (χ3v) is 5.31. The molecule has 1 heterocycles. The van der Waals surface area contributed by atoms with E-state index in [2.05, 4.69) is 43.9 Å². The summed E-state index contributed by atoms with van der Waals surface area (Å²) in [5, 5.41) is 2.94. The van der Waals surface area contributed by atoms with Gasteiger partial charge in [0.2, 0.25) is 0 Å². The van der Waals surface area contributed by atoms with Crippen LogP contribution in [0.3, 0.4) is 0 Å². The second-order valence-corrected chi connectivity index (χ2v) is 6.46. The molecule has 1 atom stereocenters. The van der Waals surface area contributed by atoms with Crippen LogP contribution in [0.2, 0.25) is 0 Å². The number of aryl methyl sites for hydroxylation is 1. The molecule has 1 aliphatic rings. The molecule has 0 amide bonds. The maximum Gasteiger partial charge on any atom is 0.0585 e. The molecule has 0 radical (unpaired) electrons. The molecule has 19 heavy (non-hydrogen) atoms. The maximum absolute atomic E-state index is 3.85. The Morgan fingerprint density at radius 3 is 2.84 bits per heavy atom. The lowest BCUT2D eigenvalue weighted by Crippen LogP contribution is -2.36. The Hall–Kier alpha value is -0.930. The highest BCUT2D eigenvalue weighted by Gasteiger charge is 2.25. The van der Waals surface area contributed by atoms with Crippen molar-refractivity contribution >= 4 is 17.4 Å². The first-order valence-corrected chi connectivity index (χ1v) is 7.85. The van der Waals surface area contributed by atoms with E-state index in [1.165, 1.54) is 34.6 Å². The molecule has 1 aromatic carbocycles. The Morgan fingerprint density at radius 2 is 2.26 bits per heavy atom. The van der Waals surface area contributed by atoms with Gasteiger partial charge in [-0.2, -0.15) is 0 Å². The van der Waals surface area contributed by atoms with E-state index in [4.69, 9.17) is 0 Å². The zero-order valence-corrected chi connectivity index (χ0v) is 13.2. The fourth-order valence-electron chi connectivity index (χ4n) is 2.85. The summed E-state index contributed by atoms with van der Waals surface area (Å²) in [6, 6.07) is 2.35. The van der Waals surface area contributed by atoms with Gasteiger partial charge in [0.15, 0.2) is 0 Å². The number of rotatable bonds is 5. The lowest BCUT2D eigenvalue weighted by atomic mass is 9.98. The number of anilines is 1. The highest BCUT2D eigenvalue weighted by molar-refractivity contribution is 8.00. The van der Waals surface area contributed by atoms with E-state index >= 15 is 0 Å². The summed E-state index contributed by atoms with van der Waals surface area (Å²) >= 11 is 2.05. The molecule has 0 aliphatic carbocycles. The number of fused-ring (bicyclic) bond motifs is 1. The summed E-state index contributed by atoms with van der Waals surface area (Å²) in [5.41, 5.74) is 8.90. The van der Waals surface area contributed by atoms with E-state index < -0.39 is 0 Å². The van der Waals surface area contributed by atoms with Crippen LogP contribution in [-0.2, 0) is 6.42 Å². The van der Waals surface area contributed by atoms with Crippen LogP contribution in [0.5, 0.6) is 0 Å². The molecule has 104 valence electrons. The number of hydrazine groups is 1.